The minimum absolute atomic E-state index is 0.0542. The largest absolute Gasteiger partial charge is 0.386 e. The third-order valence-electron chi connectivity index (χ3n) is 3.99. The average Bonchev–Trinajstić information content (AvgIpc) is 2.97. The molecular formula is C16H18FN3O2. The molecule has 1 amide bonds. The molecule has 1 heterocycles. The molecule has 0 fully saturated rings. The van der Waals surface area contributed by atoms with E-state index in [1.165, 1.54) is 12.1 Å². The Morgan fingerprint density at radius 2 is 2.14 bits per heavy atom. The summed E-state index contributed by atoms with van der Waals surface area (Å²) in [4.78, 5) is 12.2. The maximum Gasteiger partial charge on any atom is 0.272 e. The molecule has 0 aliphatic heterocycles. The molecule has 6 heteroatoms. The predicted molar refractivity (Wildman–Crippen MR) is 78.9 cm³/mol. The van der Waals surface area contributed by atoms with Gasteiger partial charge in [-0.25, -0.2) is 4.39 Å². The Balaban J connectivity index is 1.65. The fourth-order valence-corrected chi connectivity index (χ4v) is 2.80. The number of aryl methyl sites for hydroxylation is 1. The number of H-pyrrole nitrogens is 1. The van der Waals surface area contributed by atoms with Gasteiger partial charge in [-0.1, -0.05) is 18.2 Å². The number of nitrogens with one attached hydrogen (secondary N) is 2. The van der Waals surface area contributed by atoms with Crippen molar-refractivity contribution in [3.8, 4) is 0 Å². The van der Waals surface area contributed by atoms with E-state index < -0.39 is 11.9 Å². The van der Waals surface area contributed by atoms with Gasteiger partial charge in [0.2, 0.25) is 0 Å². The van der Waals surface area contributed by atoms with Crippen LogP contribution in [0.25, 0.3) is 0 Å². The van der Waals surface area contributed by atoms with Gasteiger partial charge in [0.1, 0.15) is 5.82 Å². The number of aliphatic hydroxyl groups excluding tert-OH is 1. The molecule has 22 heavy (non-hydrogen) atoms. The number of aromatic nitrogens is 2. The number of hydrogen-bond donors (Lipinski definition) is 3. The molecule has 0 bridgehead atoms. The summed E-state index contributed by atoms with van der Waals surface area (Å²) in [6.07, 6.45) is 2.81. The first-order valence-corrected chi connectivity index (χ1v) is 7.43. The highest BCUT2D eigenvalue weighted by Gasteiger charge is 2.22. The number of fused-ring (bicyclic) bond motifs is 1. The van der Waals surface area contributed by atoms with Gasteiger partial charge in [0.15, 0.2) is 5.69 Å². The first-order chi connectivity index (χ1) is 10.7. The van der Waals surface area contributed by atoms with Gasteiger partial charge in [-0.15, -0.1) is 0 Å². The van der Waals surface area contributed by atoms with E-state index in [0.29, 0.717) is 5.69 Å². The monoisotopic (exact) mass is 303 g/mol. The lowest BCUT2D eigenvalue weighted by molar-refractivity contribution is 0.0908. The van der Waals surface area contributed by atoms with Gasteiger partial charge in [-0.05, 0) is 31.7 Å². The molecule has 5 nitrogen and oxygen atoms in total. The number of aliphatic hydroxyl groups is 1. The topological polar surface area (TPSA) is 78.0 Å². The molecule has 0 saturated carbocycles. The molecule has 0 radical (unpaired) electrons. The van der Waals surface area contributed by atoms with Crippen molar-refractivity contribution in [2.75, 3.05) is 6.54 Å². The summed E-state index contributed by atoms with van der Waals surface area (Å²) in [6, 6.07) is 5.99. The zero-order valence-electron chi connectivity index (χ0n) is 12.1. The maximum atomic E-state index is 13.6. The Kier molecular flexibility index (Phi) is 4.20. The second-order valence-electron chi connectivity index (χ2n) is 5.48. The highest BCUT2D eigenvalue weighted by molar-refractivity contribution is 5.94. The zero-order chi connectivity index (χ0) is 15.5. The number of benzene rings is 1. The predicted octanol–water partition coefficient (Wildman–Crippen LogP) is 1.89. The summed E-state index contributed by atoms with van der Waals surface area (Å²) in [5.41, 5.74) is 2.54. The molecule has 0 spiro atoms. The first kappa shape index (κ1) is 14.7. The summed E-state index contributed by atoms with van der Waals surface area (Å²) >= 11 is 0. The number of amides is 1. The molecule has 116 valence electrons. The lowest BCUT2D eigenvalue weighted by Gasteiger charge is -2.14. The van der Waals surface area contributed by atoms with Crippen molar-refractivity contribution in [2.24, 2.45) is 0 Å². The summed E-state index contributed by atoms with van der Waals surface area (Å²) in [5.74, 6) is -0.823. The van der Waals surface area contributed by atoms with E-state index in [0.717, 1.165) is 36.9 Å². The fraction of sp³-hybridized carbons (Fsp3) is 0.375. The summed E-state index contributed by atoms with van der Waals surface area (Å²) < 4.78 is 13.6. The van der Waals surface area contributed by atoms with Crippen LogP contribution in [0, 0.1) is 5.82 Å². The number of rotatable bonds is 4. The van der Waals surface area contributed by atoms with Crippen LogP contribution in [0.4, 0.5) is 4.39 Å². The van der Waals surface area contributed by atoms with Crippen LogP contribution in [0.3, 0.4) is 0 Å². The van der Waals surface area contributed by atoms with Crippen LogP contribution in [-0.4, -0.2) is 27.8 Å². The Labute approximate surface area is 127 Å². The molecular weight excluding hydrogens is 285 g/mol. The van der Waals surface area contributed by atoms with Gasteiger partial charge >= 0.3 is 0 Å². The van der Waals surface area contributed by atoms with Crippen molar-refractivity contribution >= 4 is 5.91 Å². The average molecular weight is 303 g/mol. The third kappa shape index (κ3) is 2.87. The molecule has 3 N–H and O–H groups in total. The minimum atomic E-state index is -1.08. The molecule has 1 aliphatic rings. The van der Waals surface area contributed by atoms with E-state index in [2.05, 4.69) is 15.5 Å². The molecule has 1 aromatic carbocycles. The van der Waals surface area contributed by atoms with Crippen molar-refractivity contribution in [3.63, 3.8) is 0 Å². The number of carbonyl (C=O) groups is 1. The second kappa shape index (κ2) is 6.27. The highest BCUT2D eigenvalue weighted by Crippen LogP contribution is 2.22. The fourth-order valence-electron chi connectivity index (χ4n) is 2.80. The van der Waals surface area contributed by atoms with Crippen LogP contribution in [0.15, 0.2) is 24.3 Å². The summed E-state index contributed by atoms with van der Waals surface area (Å²) in [7, 11) is 0. The number of nitrogens with zero attached hydrogens (tertiary/aromatic N) is 1. The number of halogens is 1. The van der Waals surface area contributed by atoms with Crippen LogP contribution in [0.1, 0.15) is 46.3 Å². The van der Waals surface area contributed by atoms with Crippen molar-refractivity contribution in [2.45, 2.75) is 31.8 Å². The van der Waals surface area contributed by atoms with Gasteiger partial charge in [-0.3, -0.25) is 9.89 Å². The quantitative estimate of drug-likeness (QED) is 0.807. The molecule has 1 aromatic heterocycles. The van der Waals surface area contributed by atoms with Gasteiger partial charge in [0, 0.05) is 23.4 Å². The Morgan fingerprint density at radius 1 is 1.36 bits per heavy atom. The Morgan fingerprint density at radius 3 is 2.95 bits per heavy atom. The van der Waals surface area contributed by atoms with Crippen LogP contribution in [-0.2, 0) is 12.8 Å². The normalized spacial score (nSPS) is 15.2. The van der Waals surface area contributed by atoms with E-state index >= 15 is 0 Å². The van der Waals surface area contributed by atoms with Crippen LogP contribution >= 0.6 is 0 Å². The number of hydrogen-bond acceptors (Lipinski definition) is 3. The minimum Gasteiger partial charge on any atom is -0.386 e. The van der Waals surface area contributed by atoms with E-state index in [1.807, 2.05) is 0 Å². The zero-order valence-corrected chi connectivity index (χ0v) is 12.1. The van der Waals surface area contributed by atoms with Crippen molar-refractivity contribution in [1.82, 2.24) is 15.5 Å². The first-order valence-electron chi connectivity index (χ1n) is 7.43. The Hall–Kier alpha value is -2.21. The van der Waals surface area contributed by atoms with Crippen LogP contribution in [0.2, 0.25) is 0 Å². The number of aromatic amines is 1. The maximum absolute atomic E-state index is 13.6. The smallest absolute Gasteiger partial charge is 0.272 e. The van der Waals surface area contributed by atoms with Gasteiger partial charge in [0.05, 0.1) is 6.10 Å². The molecule has 0 saturated heterocycles. The Bertz CT molecular complexity index is 684. The standard InChI is InChI=1S/C16H18FN3O2/c17-12-7-3-1-5-10(12)14(21)9-18-16(22)15-11-6-2-4-8-13(11)19-20-15/h1,3,5,7,14,21H,2,4,6,8-9H2,(H,18,22)(H,19,20). The van der Waals surface area contributed by atoms with Gasteiger partial charge < -0.3 is 10.4 Å². The third-order valence-corrected chi connectivity index (χ3v) is 3.99. The summed E-state index contributed by atoms with van der Waals surface area (Å²) in [6.45, 7) is -0.0542. The van der Waals surface area contributed by atoms with Gasteiger partial charge in [0.25, 0.3) is 5.91 Å². The van der Waals surface area contributed by atoms with Crippen molar-refractivity contribution < 1.29 is 14.3 Å². The van der Waals surface area contributed by atoms with Crippen LogP contribution in [0.5, 0.6) is 0 Å². The molecule has 1 atom stereocenters. The second-order valence-corrected chi connectivity index (χ2v) is 5.48. The van der Waals surface area contributed by atoms with Gasteiger partial charge in [-0.2, -0.15) is 5.10 Å². The molecule has 2 aromatic rings. The van der Waals surface area contributed by atoms with E-state index in [1.54, 1.807) is 12.1 Å². The molecule has 1 aliphatic carbocycles. The van der Waals surface area contributed by atoms with Crippen molar-refractivity contribution in [3.05, 3.63) is 52.6 Å². The lowest BCUT2D eigenvalue weighted by atomic mass is 9.96. The summed E-state index contributed by atoms with van der Waals surface area (Å²) in [5, 5.41) is 19.6. The SMILES string of the molecule is O=C(NCC(O)c1ccccc1F)c1n[nH]c2c1CCCC2. The van der Waals surface area contributed by atoms with E-state index in [4.69, 9.17) is 0 Å². The van der Waals surface area contributed by atoms with E-state index in [-0.39, 0.29) is 18.0 Å². The highest BCUT2D eigenvalue weighted by atomic mass is 19.1. The number of carbonyl (C=O) groups excluding carboxylic acids is 1. The van der Waals surface area contributed by atoms with Crippen LogP contribution < -0.4 is 5.32 Å². The molecule has 3 rings (SSSR count). The van der Waals surface area contributed by atoms with E-state index in [9.17, 15) is 14.3 Å². The molecule has 1 unspecified atom stereocenters. The lowest BCUT2D eigenvalue weighted by Crippen LogP contribution is -2.29. The van der Waals surface area contributed by atoms with Crippen molar-refractivity contribution in [1.29, 1.82) is 0 Å².